The van der Waals surface area contributed by atoms with Crippen molar-refractivity contribution in [3.63, 3.8) is 0 Å². The summed E-state index contributed by atoms with van der Waals surface area (Å²) in [6, 6.07) is 16.3. The lowest BCUT2D eigenvalue weighted by Gasteiger charge is -2.14. The predicted octanol–water partition coefficient (Wildman–Crippen LogP) is 6.73. The van der Waals surface area contributed by atoms with E-state index in [0.717, 1.165) is 16.7 Å². The first-order chi connectivity index (χ1) is 17.3. The van der Waals surface area contributed by atoms with Gasteiger partial charge in [-0.25, -0.2) is 0 Å². The van der Waals surface area contributed by atoms with Gasteiger partial charge in [-0.15, -0.1) is 0 Å². The summed E-state index contributed by atoms with van der Waals surface area (Å²) in [6.07, 6.45) is 1.55. The average molecular weight is 545 g/mol. The minimum absolute atomic E-state index is 0.0258. The molecule has 0 atom stereocenters. The molecular formula is C25H18Cl2N2O6S. The van der Waals surface area contributed by atoms with Crippen LogP contribution < -0.4 is 9.47 Å². The van der Waals surface area contributed by atoms with E-state index >= 15 is 0 Å². The highest BCUT2D eigenvalue weighted by Crippen LogP contribution is 2.40. The number of imide groups is 1. The fraction of sp³-hybridized carbons (Fsp3) is 0.120. The lowest BCUT2D eigenvalue weighted by Crippen LogP contribution is -2.27. The van der Waals surface area contributed by atoms with Gasteiger partial charge in [0.2, 0.25) is 0 Å². The van der Waals surface area contributed by atoms with Crippen molar-refractivity contribution in [2.45, 2.75) is 13.2 Å². The molecule has 0 N–H and O–H groups in total. The van der Waals surface area contributed by atoms with Crippen molar-refractivity contribution in [1.29, 1.82) is 0 Å². The fourth-order valence-electron chi connectivity index (χ4n) is 3.46. The molecule has 0 aromatic heterocycles. The van der Waals surface area contributed by atoms with Gasteiger partial charge in [0, 0.05) is 17.2 Å². The zero-order chi connectivity index (χ0) is 25.8. The van der Waals surface area contributed by atoms with E-state index < -0.39 is 16.1 Å². The number of thioether (sulfide) groups is 1. The van der Waals surface area contributed by atoms with Crippen molar-refractivity contribution in [3.8, 4) is 11.5 Å². The van der Waals surface area contributed by atoms with E-state index in [1.54, 1.807) is 54.6 Å². The summed E-state index contributed by atoms with van der Waals surface area (Å²) >= 11 is 13.4. The van der Waals surface area contributed by atoms with Gasteiger partial charge in [0.25, 0.3) is 16.8 Å². The van der Waals surface area contributed by atoms with Crippen LogP contribution in [0.4, 0.5) is 10.5 Å². The van der Waals surface area contributed by atoms with Crippen molar-refractivity contribution in [1.82, 2.24) is 4.90 Å². The van der Waals surface area contributed by atoms with Crippen molar-refractivity contribution in [2.24, 2.45) is 0 Å². The summed E-state index contributed by atoms with van der Waals surface area (Å²) in [5.74, 6) is 0.107. The molecule has 0 unspecified atom stereocenters. The second-order valence-electron chi connectivity index (χ2n) is 7.61. The van der Waals surface area contributed by atoms with E-state index in [2.05, 4.69) is 0 Å². The normalized spacial score (nSPS) is 14.4. The van der Waals surface area contributed by atoms with Crippen LogP contribution in [0.2, 0.25) is 10.0 Å². The van der Waals surface area contributed by atoms with Crippen molar-refractivity contribution >= 4 is 57.9 Å². The van der Waals surface area contributed by atoms with E-state index in [-0.39, 0.29) is 34.5 Å². The molecule has 0 radical (unpaired) electrons. The minimum atomic E-state index is -0.484. The van der Waals surface area contributed by atoms with Gasteiger partial charge in [-0.05, 0) is 52.7 Å². The molecule has 8 nitrogen and oxygen atoms in total. The Kier molecular flexibility index (Phi) is 7.83. The molecule has 3 aromatic carbocycles. The predicted molar refractivity (Wildman–Crippen MR) is 138 cm³/mol. The third-order valence-electron chi connectivity index (χ3n) is 5.21. The average Bonchev–Trinajstić information content (AvgIpc) is 3.11. The first-order valence-corrected chi connectivity index (χ1v) is 12.1. The smallest absolute Gasteiger partial charge is 0.293 e. The Hall–Kier alpha value is -3.53. The number of amides is 2. The summed E-state index contributed by atoms with van der Waals surface area (Å²) in [5, 5.41) is 11.3. The number of nitrogens with zero attached hydrogens (tertiary/aromatic N) is 2. The number of carbonyl (C=O) groups excluding carboxylic acids is 2. The Morgan fingerprint density at radius 1 is 1.06 bits per heavy atom. The summed E-state index contributed by atoms with van der Waals surface area (Å²) in [5.41, 5.74) is 1.73. The summed E-state index contributed by atoms with van der Waals surface area (Å²) in [4.78, 5) is 37.3. The Bertz CT molecular complexity index is 1390. The number of rotatable bonds is 8. The molecule has 1 aliphatic rings. The number of hydrogen-bond donors (Lipinski definition) is 0. The SMILES string of the molecule is COc1cc(/C=C2\SC(=O)N(Cc3ccccc3Cl)C2=O)cc(Cl)c1OCc1cccc([N+](=O)[O-])c1. The molecule has 11 heteroatoms. The third kappa shape index (κ3) is 5.64. The molecule has 0 spiro atoms. The van der Waals surface area contributed by atoms with Gasteiger partial charge in [0.1, 0.15) is 6.61 Å². The summed E-state index contributed by atoms with van der Waals surface area (Å²) in [6.45, 7) is 0.0915. The van der Waals surface area contributed by atoms with Crippen molar-refractivity contribution < 1.29 is 24.0 Å². The maximum Gasteiger partial charge on any atom is 0.293 e. The molecule has 1 heterocycles. The van der Waals surface area contributed by atoms with E-state index in [9.17, 15) is 19.7 Å². The number of methoxy groups -OCH3 is 1. The van der Waals surface area contributed by atoms with Crippen LogP contribution in [0.5, 0.6) is 11.5 Å². The van der Waals surface area contributed by atoms with E-state index in [4.69, 9.17) is 32.7 Å². The van der Waals surface area contributed by atoms with Crippen LogP contribution in [-0.4, -0.2) is 28.1 Å². The number of nitro benzene ring substituents is 1. The fourth-order valence-corrected chi connectivity index (χ4v) is 4.77. The molecule has 4 rings (SSSR count). The molecular weight excluding hydrogens is 527 g/mol. The molecule has 0 aliphatic carbocycles. The van der Waals surface area contributed by atoms with Crippen LogP contribution in [0.25, 0.3) is 6.08 Å². The van der Waals surface area contributed by atoms with Crippen LogP contribution in [-0.2, 0) is 17.9 Å². The van der Waals surface area contributed by atoms with Crippen LogP contribution in [0.3, 0.4) is 0 Å². The Balaban J connectivity index is 1.53. The number of non-ortho nitro benzene ring substituents is 1. The zero-order valence-electron chi connectivity index (χ0n) is 18.8. The summed E-state index contributed by atoms with van der Waals surface area (Å²) < 4.78 is 11.2. The van der Waals surface area contributed by atoms with Gasteiger partial charge in [-0.3, -0.25) is 24.6 Å². The van der Waals surface area contributed by atoms with Crippen LogP contribution in [0, 0.1) is 10.1 Å². The third-order valence-corrected chi connectivity index (χ3v) is 6.77. The van der Waals surface area contributed by atoms with E-state index in [1.165, 1.54) is 19.2 Å². The number of benzene rings is 3. The quantitative estimate of drug-likeness (QED) is 0.176. The molecule has 0 saturated carbocycles. The van der Waals surface area contributed by atoms with Gasteiger partial charge in [-0.2, -0.15) is 0 Å². The largest absolute Gasteiger partial charge is 0.493 e. The monoisotopic (exact) mass is 544 g/mol. The maximum absolute atomic E-state index is 12.9. The van der Waals surface area contributed by atoms with Crippen LogP contribution in [0.15, 0.2) is 65.6 Å². The van der Waals surface area contributed by atoms with Crippen LogP contribution in [0.1, 0.15) is 16.7 Å². The maximum atomic E-state index is 12.9. The molecule has 0 bridgehead atoms. The molecule has 2 amide bonds. The second kappa shape index (κ2) is 11.0. The topological polar surface area (TPSA) is 99.0 Å². The first kappa shape index (κ1) is 25.6. The zero-order valence-corrected chi connectivity index (χ0v) is 21.1. The summed E-state index contributed by atoms with van der Waals surface area (Å²) in [7, 11) is 1.44. The lowest BCUT2D eigenvalue weighted by molar-refractivity contribution is -0.384. The number of hydrogen-bond acceptors (Lipinski definition) is 7. The number of nitro groups is 1. The number of halogens is 2. The highest BCUT2D eigenvalue weighted by atomic mass is 35.5. The highest BCUT2D eigenvalue weighted by Gasteiger charge is 2.35. The van der Waals surface area contributed by atoms with Gasteiger partial charge in [0.05, 0.1) is 28.5 Å². The molecule has 36 heavy (non-hydrogen) atoms. The van der Waals surface area contributed by atoms with Gasteiger partial charge in [0.15, 0.2) is 11.5 Å². The molecule has 1 fully saturated rings. The second-order valence-corrected chi connectivity index (χ2v) is 9.42. The minimum Gasteiger partial charge on any atom is -0.493 e. The van der Waals surface area contributed by atoms with Gasteiger partial charge >= 0.3 is 0 Å². The van der Waals surface area contributed by atoms with E-state index in [1.807, 2.05) is 0 Å². The standard InChI is InChI=1S/C25H18Cl2N2O6S/c1-34-21-11-16(10-20(27)23(21)35-14-15-5-4-7-18(9-15)29(32)33)12-22-24(30)28(25(31)36-22)13-17-6-2-3-8-19(17)26/h2-12H,13-14H2,1H3/b22-12-. The highest BCUT2D eigenvalue weighted by molar-refractivity contribution is 8.18. The van der Waals surface area contributed by atoms with Crippen molar-refractivity contribution in [2.75, 3.05) is 7.11 Å². The Labute approximate surface area is 220 Å². The van der Waals surface area contributed by atoms with Gasteiger partial charge in [-0.1, -0.05) is 53.5 Å². The number of carbonyl (C=O) groups is 2. The van der Waals surface area contributed by atoms with E-state index in [0.29, 0.717) is 27.5 Å². The Morgan fingerprint density at radius 2 is 1.83 bits per heavy atom. The molecule has 1 aliphatic heterocycles. The first-order valence-electron chi connectivity index (χ1n) is 10.5. The number of ether oxygens (including phenoxy) is 2. The van der Waals surface area contributed by atoms with Crippen LogP contribution >= 0.6 is 35.0 Å². The molecule has 1 saturated heterocycles. The lowest BCUT2D eigenvalue weighted by atomic mass is 10.1. The van der Waals surface area contributed by atoms with Crippen molar-refractivity contribution in [3.05, 3.63) is 102 Å². The molecule has 184 valence electrons. The van der Waals surface area contributed by atoms with Gasteiger partial charge < -0.3 is 9.47 Å². The molecule has 3 aromatic rings. The Morgan fingerprint density at radius 3 is 2.56 bits per heavy atom.